The van der Waals surface area contributed by atoms with Gasteiger partial charge in [-0.15, -0.1) is 0 Å². The molecule has 0 bridgehead atoms. The van der Waals surface area contributed by atoms with Gasteiger partial charge in [-0.1, -0.05) is 0 Å². The van der Waals surface area contributed by atoms with Crippen molar-refractivity contribution in [1.29, 1.82) is 0 Å². The monoisotopic (exact) mass is 358 g/mol. The van der Waals surface area contributed by atoms with Crippen LogP contribution in [0.5, 0.6) is 0 Å². The molecule has 0 radical (unpaired) electrons. The number of thioether (sulfide) groups is 2. The number of rotatable bonds is 6. The molecule has 0 aromatic carbocycles. The maximum atomic E-state index is 5.95. The number of hydrogen-bond donors (Lipinski definition) is 0. The maximum absolute atomic E-state index is 5.95. The first-order valence-electron chi connectivity index (χ1n) is 8.07. The molecule has 0 unspecified atom stereocenters. The minimum absolute atomic E-state index is 0.0690. The third kappa shape index (κ3) is 3.68. The molecule has 0 aromatic heterocycles. The van der Waals surface area contributed by atoms with E-state index in [2.05, 4.69) is 54.1 Å². The fourth-order valence-corrected chi connectivity index (χ4v) is 3.29. The van der Waals surface area contributed by atoms with E-state index in [1.807, 2.05) is 23.5 Å². The number of nitrogens with zero attached hydrogens (tertiary/aromatic N) is 2. The molecule has 6 heteroatoms. The summed E-state index contributed by atoms with van der Waals surface area (Å²) in [7, 11) is 0. The molecule has 4 nitrogen and oxygen atoms in total. The van der Waals surface area contributed by atoms with E-state index in [0.29, 0.717) is 13.2 Å². The van der Waals surface area contributed by atoms with E-state index in [0.717, 1.165) is 11.8 Å². The van der Waals surface area contributed by atoms with Gasteiger partial charge in [-0.2, -0.15) is 23.5 Å². The first-order valence-corrected chi connectivity index (χ1v) is 10.5. The molecule has 0 saturated carbocycles. The van der Waals surface area contributed by atoms with Gasteiger partial charge in [0.15, 0.2) is 11.8 Å². The van der Waals surface area contributed by atoms with Gasteiger partial charge in [0.2, 0.25) is 0 Å². The van der Waals surface area contributed by atoms with Gasteiger partial charge in [0.25, 0.3) is 0 Å². The lowest BCUT2D eigenvalue weighted by molar-refractivity contribution is 0.254. The summed E-state index contributed by atoms with van der Waals surface area (Å²) in [6.45, 7) is 14.3. The molecule has 23 heavy (non-hydrogen) atoms. The summed E-state index contributed by atoms with van der Waals surface area (Å²) < 4.78 is 12.0. The van der Waals surface area contributed by atoms with Crippen LogP contribution in [0.3, 0.4) is 0 Å². The Hall–Kier alpha value is -0.360. The number of ether oxygens (including phenoxy) is 2. The van der Waals surface area contributed by atoms with E-state index < -0.39 is 5.41 Å². The van der Waals surface area contributed by atoms with Crippen molar-refractivity contribution in [3.05, 3.63) is 0 Å². The van der Waals surface area contributed by atoms with Crippen molar-refractivity contribution in [2.24, 2.45) is 15.4 Å². The summed E-state index contributed by atoms with van der Waals surface area (Å²) in [6, 6.07) is 0.347. The van der Waals surface area contributed by atoms with Crippen molar-refractivity contribution in [3.63, 3.8) is 0 Å². The molecule has 132 valence electrons. The zero-order chi connectivity index (χ0) is 17.5. The molecule has 0 aliphatic carbocycles. The van der Waals surface area contributed by atoms with Crippen LogP contribution in [0.1, 0.15) is 41.5 Å². The molecule has 0 fully saturated rings. The summed E-state index contributed by atoms with van der Waals surface area (Å²) in [4.78, 5) is 9.72. The van der Waals surface area contributed by atoms with Crippen molar-refractivity contribution >= 4 is 35.3 Å². The van der Waals surface area contributed by atoms with Gasteiger partial charge in [0.05, 0.1) is 0 Å². The Morgan fingerprint density at radius 2 is 1.13 bits per heavy atom. The average Bonchev–Trinajstić information content (AvgIpc) is 3.17. The van der Waals surface area contributed by atoms with Crippen molar-refractivity contribution in [2.45, 2.75) is 63.1 Å². The minimum Gasteiger partial charge on any atom is -0.478 e. The van der Waals surface area contributed by atoms with Crippen LogP contribution >= 0.6 is 23.5 Å². The molecule has 2 heterocycles. The molecule has 2 aliphatic heterocycles. The first-order chi connectivity index (χ1) is 10.5. The average molecular weight is 359 g/mol. The van der Waals surface area contributed by atoms with Gasteiger partial charge < -0.3 is 9.47 Å². The molecule has 0 spiro atoms. The molecule has 2 atom stereocenters. The normalized spacial score (nSPS) is 25.7. The lowest BCUT2D eigenvalue weighted by Gasteiger charge is -2.25. The zero-order valence-corrected chi connectivity index (χ0v) is 17.2. The Kier molecular flexibility index (Phi) is 5.37. The van der Waals surface area contributed by atoms with E-state index in [1.54, 1.807) is 0 Å². The van der Waals surface area contributed by atoms with E-state index in [9.17, 15) is 0 Å². The van der Waals surface area contributed by atoms with Crippen LogP contribution < -0.4 is 0 Å². The lowest BCUT2D eigenvalue weighted by atomic mass is 9.92. The molecule has 2 aliphatic rings. The summed E-state index contributed by atoms with van der Waals surface area (Å²) in [5, 5.41) is 0. The highest BCUT2D eigenvalue weighted by Gasteiger charge is 2.45. The molecular formula is C17H30N2O2S2. The zero-order valence-electron chi connectivity index (χ0n) is 15.6. The summed E-state index contributed by atoms with van der Waals surface area (Å²) in [5.41, 5.74) is -0.410. The third-order valence-corrected chi connectivity index (χ3v) is 7.68. The lowest BCUT2D eigenvalue weighted by Crippen LogP contribution is -2.34. The van der Waals surface area contributed by atoms with Crippen LogP contribution in [-0.2, 0) is 9.47 Å². The van der Waals surface area contributed by atoms with E-state index >= 15 is 0 Å². The second-order valence-corrected chi connectivity index (χ2v) is 10.7. The van der Waals surface area contributed by atoms with Gasteiger partial charge in [-0.25, -0.2) is 9.98 Å². The van der Waals surface area contributed by atoms with Gasteiger partial charge in [0.1, 0.15) is 30.7 Å². The smallest absolute Gasteiger partial charge is 0.199 e. The van der Waals surface area contributed by atoms with Crippen LogP contribution in [-0.4, -0.2) is 59.1 Å². The van der Waals surface area contributed by atoms with Crippen molar-refractivity contribution < 1.29 is 9.47 Å². The van der Waals surface area contributed by atoms with Gasteiger partial charge >= 0.3 is 0 Å². The van der Waals surface area contributed by atoms with Gasteiger partial charge in [0, 0.05) is 9.49 Å². The molecule has 0 N–H and O–H groups in total. The second-order valence-electron chi connectivity index (χ2n) is 7.76. The highest BCUT2D eigenvalue weighted by atomic mass is 32.2. The van der Waals surface area contributed by atoms with Crippen molar-refractivity contribution in [3.8, 4) is 0 Å². The fourth-order valence-electron chi connectivity index (χ4n) is 2.51. The standard InChI is InChI=1S/C17H30N2O2S2/c1-15(2,13-18-11(9-20-13)16(3,4)22-7)14-19-12(10-21-14)17(5,6)23-8/h11-12H,9-10H2,1-8H3/t11-,12-/m0/s1. The van der Waals surface area contributed by atoms with E-state index in [4.69, 9.17) is 19.5 Å². The SMILES string of the molecule is CSC(C)(C)[C@@H]1COC(C(C)(C)C2=N[C@H](C(C)(C)SC)CO2)=N1. The van der Waals surface area contributed by atoms with Gasteiger partial charge in [-0.05, 0) is 54.1 Å². The Bertz CT molecular complexity index is 469. The summed E-state index contributed by atoms with van der Waals surface area (Å²) in [5.74, 6) is 1.51. The molecule has 0 saturated heterocycles. The quantitative estimate of drug-likeness (QED) is 0.722. The molecule has 0 aromatic rings. The summed E-state index contributed by atoms with van der Waals surface area (Å²) >= 11 is 3.65. The Morgan fingerprint density at radius 3 is 1.43 bits per heavy atom. The Morgan fingerprint density at radius 1 is 0.783 bits per heavy atom. The van der Waals surface area contributed by atoms with Crippen LogP contribution in [0, 0.1) is 5.41 Å². The van der Waals surface area contributed by atoms with Crippen molar-refractivity contribution in [1.82, 2.24) is 0 Å². The van der Waals surface area contributed by atoms with Crippen LogP contribution in [0.15, 0.2) is 9.98 Å². The van der Waals surface area contributed by atoms with E-state index in [-0.39, 0.29) is 21.6 Å². The summed E-state index contributed by atoms with van der Waals surface area (Å²) in [6.07, 6.45) is 4.25. The topological polar surface area (TPSA) is 43.2 Å². The fraction of sp³-hybridized carbons (Fsp3) is 0.882. The minimum atomic E-state index is -0.410. The largest absolute Gasteiger partial charge is 0.478 e. The van der Waals surface area contributed by atoms with Crippen LogP contribution in [0.25, 0.3) is 0 Å². The highest BCUT2D eigenvalue weighted by molar-refractivity contribution is 8.00. The second kappa shape index (κ2) is 6.51. The highest BCUT2D eigenvalue weighted by Crippen LogP contribution is 2.37. The first kappa shape index (κ1) is 19.0. The molecule has 0 amide bonds. The van der Waals surface area contributed by atoms with Crippen LogP contribution in [0.4, 0.5) is 0 Å². The maximum Gasteiger partial charge on any atom is 0.199 e. The van der Waals surface area contributed by atoms with Crippen LogP contribution in [0.2, 0.25) is 0 Å². The number of aliphatic imine (C=N–C) groups is 2. The molecular weight excluding hydrogens is 328 g/mol. The Balaban J connectivity index is 2.20. The predicted octanol–water partition coefficient (Wildman–Crippen LogP) is 3.89. The molecule has 2 rings (SSSR count). The predicted molar refractivity (Wildman–Crippen MR) is 103 cm³/mol. The van der Waals surface area contributed by atoms with E-state index in [1.165, 1.54) is 0 Å². The number of hydrogen-bond acceptors (Lipinski definition) is 6. The van der Waals surface area contributed by atoms with Gasteiger partial charge in [-0.3, -0.25) is 0 Å². The third-order valence-electron chi connectivity index (χ3n) is 5.03. The Labute approximate surface area is 149 Å². The van der Waals surface area contributed by atoms with Crippen molar-refractivity contribution in [2.75, 3.05) is 25.7 Å².